The molecule has 5 rings (SSSR count). The van der Waals surface area contributed by atoms with Gasteiger partial charge in [-0.05, 0) is 55.1 Å². The monoisotopic (exact) mass is 482 g/mol. The van der Waals surface area contributed by atoms with Gasteiger partial charge in [-0.2, -0.15) is 0 Å². The molecule has 6 nitrogen and oxygen atoms in total. The first-order valence-corrected chi connectivity index (χ1v) is 12.9. The van der Waals surface area contributed by atoms with E-state index in [0.717, 1.165) is 12.0 Å². The summed E-state index contributed by atoms with van der Waals surface area (Å²) in [6.07, 6.45) is 1.65. The van der Waals surface area contributed by atoms with Gasteiger partial charge in [0.05, 0.1) is 17.6 Å². The summed E-state index contributed by atoms with van der Waals surface area (Å²) in [5.41, 5.74) is -3.36. The van der Waals surface area contributed by atoms with Crippen molar-refractivity contribution < 1.29 is 29.6 Å². The number of ketones is 1. The Morgan fingerprint density at radius 2 is 1.74 bits per heavy atom. The second-order valence-electron chi connectivity index (χ2n) is 12.6. The zero-order valence-corrected chi connectivity index (χ0v) is 21.3. The minimum absolute atomic E-state index is 0.0524. The molecule has 0 amide bonds. The van der Waals surface area contributed by atoms with E-state index in [9.17, 15) is 24.9 Å². The summed E-state index contributed by atoms with van der Waals surface area (Å²) in [7, 11) is 0. The van der Waals surface area contributed by atoms with E-state index in [0.29, 0.717) is 6.42 Å². The van der Waals surface area contributed by atoms with Gasteiger partial charge in [-0.1, -0.05) is 58.0 Å². The molecule has 3 unspecified atom stereocenters. The van der Waals surface area contributed by atoms with Crippen molar-refractivity contribution in [2.45, 2.75) is 77.8 Å². The molecule has 6 heteroatoms. The normalized spacial score (nSPS) is 48.0. The Hall–Kier alpha value is -2.02. The SMILES string of the molecule is C[C@H]1C[C@]2(O)C(=O)[C@@]3(C)[C@H](OC(=O)/C=C/c4ccccc4)C4C(CC[C@@]3(C)[C@H](O)C2[C@H]1O)C4(C)C. The maximum absolute atomic E-state index is 14.3. The van der Waals surface area contributed by atoms with Crippen LogP contribution in [0.1, 0.15) is 59.4 Å². The van der Waals surface area contributed by atoms with Crippen LogP contribution in [0.5, 0.6) is 0 Å². The van der Waals surface area contributed by atoms with Crippen LogP contribution in [0, 0.1) is 39.9 Å². The Bertz CT molecular complexity index is 1060. The largest absolute Gasteiger partial charge is 0.458 e. The maximum atomic E-state index is 14.3. The molecule has 0 bridgehead atoms. The number of fused-ring (bicyclic) bond motifs is 3. The molecule has 4 aliphatic rings. The van der Waals surface area contributed by atoms with Crippen LogP contribution in [0.15, 0.2) is 36.4 Å². The average Bonchev–Trinajstić information content (AvgIpc) is 3.30. The number of esters is 1. The Balaban J connectivity index is 1.56. The van der Waals surface area contributed by atoms with Crippen LogP contribution in [0.2, 0.25) is 0 Å². The molecule has 0 spiro atoms. The molecule has 0 heterocycles. The van der Waals surface area contributed by atoms with Gasteiger partial charge in [0.25, 0.3) is 0 Å². The van der Waals surface area contributed by atoms with Gasteiger partial charge in [0.1, 0.15) is 11.7 Å². The minimum Gasteiger partial charge on any atom is -0.458 e. The summed E-state index contributed by atoms with van der Waals surface area (Å²) in [4.78, 5) is 27.5. The fraction of sp³-hybridized carbons (Fsp3) is 0.655. The zero-order chi connectivity index (χ0) is 25.6. The summed E-state index contributed by atoms with van der Waals surface area (Å²) in [5.74, 6) is -2.02. The number of aliphatic hydroxyl groups is 3. The number of aliphatic hydroxyl groups excluding tert-OH is 2. The van der Waals surface area contributed by atoms with Crippen LogP contribution < -0.4 is 0 Å². The molecule has 4 saturated carbocycles. The van der Waals surface area contributed by atoms with Crippen LogP contribution >= 0.6 is 0 Å². The molecule has 3 N–H and O–H groups in total. The van der Waals surface area contributed by atoms with Crippen molar-refractivity contribution in [3.05, 3.63) is 42.0 Å². The van der Waals surface area contributed by atoms with Crippen LogP contribution in [0.25, 0.3) is 6.08 Å². The van der Waals surface area contributed by atoms with Gasteiger partial charge in [-0.25, -0.2) is 4.79 Å². The third-order valence-electron chi connectivity index (χ3n) is 10.6. The molecule has 4 aliphatic carbocycles. The van der Waals surface area contributed by atoms with Gasteiger partial charge in [0, 0.05) is 23.3 Å². The summed E-state index contributed by atoms with van der Waals surface area (Å²) in [6, 6.07) is 9.44. The minimum atomic E-state index is -1.85. The standard InChI is InChI=1S/C29H38O6/c1-16-15-29(34)21(22(16)31)23(32)27(4)14-13-18-20(26(18,2)3)24(28(27,5)25(29)33)35-19(30)12-11-17-9-7-6-8-10-17/h6-12,16,18,20-24,31-32,34H,13-15H2,1-5H3/b12-11+/t16-,18?,20?,21?,22-,23+,24+,27-,28+,29+/m0/s1. The molecule has 1 aromatic carbocycles. The van der Waals surface area contributed by atoms with Gasteiger partial charge in [-0.15, -0.1) is 0 Å². The summed E-state index contributed by atoms with van der Waals surface area (Å²) >= 11 is 0. The first-order valence-electron chi connectivity index (χ1n) is 12.9. The molecule has 0 saturated heterocycles. The van der Waals surface area contributed by atoms with Gasteiger partial charge in [0.2, 0.25) is 0 Å². The quantitative estimate of drug-likeness (QED) is 0.451. The van der Waals surface area contributed by atoms with Crippen LogP contribution in [-0.4, -0.2) is 51.0 Å². The summed E-state index contributed by atoms with van der Waals surface area (Å²) < 4.78 is 6.15. The maximum Gasteiger partial charge on any atom is 0.331 e. The lowest BCUT2D eigenvalue weighted by Crippen LogP contribution is -2.72. The van der Waals surface area contributed by atoms with Gasteiger partial charge in [-0.3, -0.25) is 4.79 Å². The molecular formula is C29H38O6. The van der Waals surface area contributed by atoms with E-state index in [1.165, 1.54) is 6.08 Å². The highest BCUT2D eigenvalue weighted by molar-refractivity contribution is 5.96. The van der Waals surface area contributed by atoms with E-state index >= 15 is 0 Å². The van der Waals surface area contributed by atoms with E-state index in [4.69, 9.17) is 4.74 Å². The number of carbonyl (C=O) groups is 2. The van der Waals surface area contributed by atoms with E-state index in [2.05, 4.69) is 13.8 Å². The number of hydrogen-bond acceptors (Lipinski definition) is 6. The Labute approximate surface area is 207 Å². The predicted octanol–water partition coefficient (Wildman–Crippen LogP) is 3.38. The molecule has 35 heavy (non-hydrogen) atoms. The second kappa shape index (κ2) is 7.74. The molecule has 10 atom stereocenters. The van der Waals surface area contributed by atoms with E-state index in [1.807, 2.05) is 37.3 Å². The van der Waals surface area contributed by atoms with Crippen LogP contribution in [-0.2, 0) is 14.3 Å². The lowest BCUT2D eigenvalue weighted by molar-refractivity contribution is -0.232. The average molecular weight is 483 g/mol. The zero-order valence-electron chi connectivity index (χ0n) is 21.3. The first kappa shape index (κ1) is 24.7. The Morgan fingerprint density at radius 1 is 1.09 bits per heavy atom. The van der Waals surface area contributed by atoms with Gasteiger partial charge < -0.3 is 20.1 Å². The highest BCUT2D eigenvalue weighted by Crippen LogP contribution is 2.73. The van der Waals surface area contributed by atoms with Crippen molar-refractivity contribution in [1.82, 2.24) is 0 Å². The number of Topliss-reactive ketones (excluding diaryl/α,β-unsaturated/α-hetero) is 1. The summed E-state index contributed by atoms with van der Waals surface area (Å²) in [5, 5.41) is 34.3. The fourth-order valence-electron chi connectivity index (χ4n) is 8.19. The highest BCUT2D eigenvalue weighted by atomic mass is 16.5. The van der Waals surface area contributed by atoms with Crippen molar-refractivity contribution >= 4 is 17.8 Å². The molecule has 0 radical (unpaired) electrons. The number of hydrogen-bond donors (Lipinski definition) is 3. The summed E-state index contributed by atoms with van der Waals surface area (Å²) in [6.45, 7) is 9.73. The van der Waals surface area contributed by atoms with E-state index in [-0.39, 0.29) is 29.6 Å². The molecule has 190 valence electrons. The van der Waals surface area contributed by atoms with Crippen LogP contribution in [0.4, 0.5) is 0 Å². The molecular weight excluding hydrogens is 444 g/mol. The van der Waals surface area contributed by atoms with Crippen LogP contribution in [0.3, 0.4) is 0 Å². The van der Waals surface area contributed by atoms with Gasteiger partial charge in [0.15, 0.2) is 5.78 Å². The number of benzene rings is 1. The number of ether oxygens (including phenoxy) is 1. The topological polar surface area (TPSA) is 104 Å². The highest BCUT2D eigenvalue weighted by Gasteiger charge is 2.79. The Kier molecular flexibility index (Phi) is 5.45. The predicted molar refractivity (Wildman–Crippen MR) is 131 cm³/mol. The van der Waals surface area contributed by atoms with Gasteiger partial charge >= 0.3 is 5.97 Å². The lowest BCUT2D eigenvalue weighted by atomic mass is 9.46. The van der Waals surface area contributed by atoms with E-state index < -0.39 is 52.4 Å². The third kappa shape index (κ3) is 3.19. The molecule has 0 aliphatic heterocycles. The lowest BCUT2D eigenvalue weighted by Gasteiger charge is -2.60. The molecule has 1 aromatic rings. The van der Waals surface area contributed by atoms with Crippen molar-refractivity contribution in [2.75, 3.05) is 0 Å². The fourth-order valence-corrected chi connectivity index (χ4v) is 8.19. The van der Waals surface area contributed by atoms with Crippen molar-refractivity contribution in [3.8, 4) is 0 Å². The Morgan fingerprint density at radius 3 is 2.40 bits per heavy atom. The number of rotatable bonds is 3. The molecule has 4 fully saturated rings. The van der Waals surface area contributed by atoms with E-state index in [1.54, 1.807) is 19.9 Å². The van der Waals surface area contributed by atoms with Crippen molar-refractivity contribution in [3.63, 3.8) is 0 Å². The smallest absolute Gasteiger partial charge is 0.331 e. The van der Waals surface area contributed by atoms with Crippen molar-refractivity contribution in [2.24, 2.45) is 39.9 Å². The number of carbonyl (C=O) groups excluding carboxylic acids is 2. The first-order chi connectivity index (χ1) is 16.3. The second-order valence-corrected chi connectivity index (χ2v) is 12.6. The molecule has 0 aromatic heterocycles. The van der Waals surface area contributed by atoms with Crippen molar-refractivity contribution in [1.29, 1.82) is 0 Å². The third-order valence-corrected chi connectivity index (χ3v) is 10.6.